The van der Waals surface area contributed by atoms with Gasteiger partial charge in [-0.1, -0.05) is 48.8 Å². The molecule has 1 aromatic carbocycles. The number of hydrogen-bond donors (Lipinski definition) is 0. The molecule has 0 aliphatic rings. The molecule has 27 heavy (non-hydrogen) atoms. The topological polar surface area (TPSA) is 26.3 Å². The predicted molar refractivity (Wildman–Crippen MR) is 116 cm³/mol. The predicted octanol–water partition coefficient (Wildman–Crippen LogP) is 7.44. The third-order valence-electron chi connectivity index (χ3n) is 4.57. The Morgan fingerprint density at radius 1 is 1.00 bits per heavy atom. The minimum atomic E-state index is -0.298. The molecule has 0 saturated carbocycles. The summed E-state index contributed by atoms with van der Waals surface area (Å²) in [5.41, 5.74) is 6.26. The molecule has 2 heteroatoms. The van der Waals surface area contributed by atoms with Crippen LogP contribution in [0.25, 0.3) is 0 Å². The van der Waals surface area contributed by atoms with Crippen LogP contribution in [0.4, 0.5) is 0 Å². The Balaban J connectivity index is 2.51. The van der Waals surface area contributed by atoms with Crippen molar-refractivity contribution in [3.8, 4) is 5.75 Å². The summed E-state index contributed by atoms with van der Waals surface area (Å²) >= 11 is 0. The van der Waals surface area contributed by atoms with Crippen molar-refractivity contribution in [2.24, 2.45) is 0 Å². The van der Waals surface area contributed by atoms with Crippen molar-refractivity contribution in [3.05, 3.63) is 64.3 Å². The van der Waals surface area contributed by atoms with Gasteiger partial charge in [0.15, 0.2) is 0 Å². The maximum absolute atomic E-state index is 12.1. The van der Waals surface area contributed by atoms with E-state index in [-0.39, 0.29) is 5.97 Å². The van der Waals surface area contributed by atoms with Gasteiger partial charge in [0, 0.05) is 6.08 Å². The number of carbonyl (C=O) groups is 1. The van der Waals surface area contributed by atoms with E-state index in [1.165, 1.54) is 16.7 Å². The van der Waals surface area contributed by atoms with Crippen LogP contribution < -0.4 is 4.74 Å². The van der Waals surface area contributed by atoms with Crippen LogP contribution in [0, 0.1) is 6.92 Å². The lowest BCUT2D eigenvalue weighted by molar-refractivity contribution is -0.129. The number of allylic oxidation sites excluding steroid dienone is 5. The van der Waals surface area contributed by atoms with Gasteiger partial charge in [0.1, 0.15) is 5.75 Å². The van der Waals surface area contributed by atoms with Crippen LogP contribution in [-0.2, 0) is 4.79 Å². The van der Waals surface area contributed by atoms with Crippen LogP contribution in [-0.4, -0.2) is 5.97 Å². The van der Waals surface area contributed by atoms with E-state index in [1.54, 1.807) is 6.08 Å². The first-order valence-electron chi connectivity index (χ1n) is 9.97. The summed E-state index contributed by atoms with van der Waals surface area (Å²) in [6, 6.07) is 5.86. The van der Waals surface area contributed by atoms with Gasteiger partial charge in [-0.3, -0.25) is 0 Å². The standard InChI is InChI=1S/C25H36O2/c1-18(2)10-8-11-20(5)12-9-13-21(6)16-25(26)27-23-14-15-24(19(3)4)22(7)17-23/h10,12,14-17,19H,8-9,11,13H2,1-7H3/b20-12+,21-16+. The van der Waals surface area contributed by atoms with Crippen LogP contribution >= 0.6 is 0 Å². The Kier molecular flexibility index (Phi) is 9.85. The molecule has 1 rings (SSSR count). The molecule has 0 aliphatic carbocycles. The van der Waals surface area contributed by atoms with E-state index in [4.69, 9.17) is 4.74 Å². The van der Waals surface area contributed by atoms with Gasteiger partial charge < -0.3 is 4.74 Å². The van der Waals surface area contributed by atoms with E-state index in [1.807, 2.05) is 25.1 Å². The lowest BCUT2D eigenvalue weighted by atomic mass is 9.98. The minimum Gasteiger partial charge on any atom is -0.423 e. The first kappa shape index (κ1) is 23.0. The van der Waals surface area contributed by atoms with Gasteiger partial charge in [-0.15, -0.1) is 0 Å². The molecule has 0 radical (unpaired) electrons. The average molecular weight is 369 g/mol. The first-order chi connectivity index (χ1) is 12.7. The maximum Gasteiger partial charge on any atom is 0.336 e. The highest BCUT2D eigenvalue weighted by atomic mass is 16.5. The van der Waals surface area contributed by atoms with E-state index < -0.39 is 0 Å². The van der Waals surface area contributed by atoms with Gasteiger partial charge in [-0.05, 0) is 89.5 Å². The van der Waals surface area contributed by atoms with Crippen molar-refractivity contribution < 1.29 is 9.53 Å². The molecular weight excluding hydrogens is 332 g/mol. The van der Waals surface area contributed by atoms with E-state index in [0.717, 1.165) is 36.8 Å². The van der Waals surface area contributed by atoms with Crippen LogP contribution in [0.1, 0.15) is 84.3 Å². The Morgan fingerprint density at radius 2 is 1.63 bits per heavy atom. The van der Waals surface area contributed by atoms with E-state index in [2.05, 4.69) is 53.7 Å². The summed E-state index contributed by atoms with van der Waals surface area (Å²) in [6.45, 7) is 14.8. The highest BCUT2D eigenvalue weighted by Crippen LogP contribution is 2.23. The van der Waals surface area contributed by atoms with Crippen molar-refractivity contribution in [1.29, 1.82) is 0 Å². The lowest BCUT2D eigenvalue weighted by Crippen LogP contribution is -2.05. The maximum atomic E-state index is 12.1. The molecule has 0 saturated heterocycles. The minimum absolute atomic E-state index is 0.298. The molecule has 0 N–H and O–H groups in total. The van der Waals surface area contributed by atoms with E-state index in [9.17, 15) is 4.79 Å². The Labute approximate surface area is 166 Å². The number of ether oxygens (including phenoxy) is 1. The second kappa shape index (κ2) is 11.6. The summed E-state index contributed by atoms with van der Waals surface area (Å²) in [5.74, 6) is 0.782. The molecule has 0 atom stereocenters. The van der Waals surface area contributed by atoms with Crippen molar-refractivity contribution in [2.75, 3.05) is 0 Å². The second-order valence-electron chi connectivity index (χ2n) is 7.99. The summed E-state index contributed by atoms with van der Waals surface area (Å²) in [6.07, 6.45) is 10.2. The molecule has 1 aromatic rings. The third-order valence-corrected chi connectivity index (χ3v) is 4.57. The normalized spacial score (nSPS) is 12.3. The van der Waals surface area contributed by atoms with Gasteiger partial charge in [0.2, 0.25) is 0 Å². The number of rotatable bonds is 9. The van der Waals surface area contributed by atoms with Crippen LogP contribution in [0.15, 0.2) is 53.1 Å². The molecular formula is C25H36O2. The number of esters is 1. The third kappa shape index (κ3) is 9.42. The fourth-order valence-electron chi connectivity index (χ4n) is 3.02. The van der Waals surface area contributed by atoms with Gasteiger partial charge in [-0.2, -0.15) is 0 Å². The molecule has 0 aliphatic heterocycles. The second-order valence-corrected chi connectivity index (χ2v) is 7.99. The number of benzene rings is 1. The SMILES string of the molecule is CC(C)=CCC/C(C)=C/CC/C(C)=C/C(=O)Oc1ccc(C(C)C)c(C)c1. The summed E-state index contributed by atoms with van der Waals surface area (Å²) < 4.78 is 5.47. The zero-order valence-electron chi connectivity index (χ0n) is 18.2. The molecule has 0 spiro atoms. The van der Waals surface area contributed by atoms with Crippen molar-refractivity contribution in [1.82, 2.24) is 0 Å². The van der Waals surface area contributed by atoms with Crippen LogP contribution in [0.3, 0.4) is 0 Å². The molecule has 0 aromatic heterocycles. The van der Waals surface area contributed by atoms with Crippen LogP contribution in [0.5, 0.6) is 5.75 Å². The van der Waals surface area contributed by atoms with Crippen molar-refractivity contribution in [2.45, 2.75) is 80.1 Å². The zero-order valence-corrected chi connectivity index (χ0v) is 18.2. The lowest BCUT2D eigenvalue weighted by Gasteiger charge is -2.11. The largest absolute Gasteiger partial charge is 0.423 e. The average Bonchev–Trinajstić information content (AvgIpc) is 2.53. The Bertz CT molecular complexity index is 714. The quantitative estimate of drug-likeness (QED) is 0.196. The highest BCUT2D eigenvalue weighted by Gasteiger charge is 2.07. The number of hydrogen-bond acceptors (Lipinski definition) is 2. The van der Waals surface area contributed by atoms with E-state index >= 15 is 0 Å². The van der Waals surface area contributed by atoms with Gasteiger partial charge in [0.05, 0.1) is 0 Å². The van der Waals surface area contributed by atoms with Gasteiger partial charge in [-0.25, -0.2) is 4.79 Å². The van der Waals surface area contributed by atoms with Crippen molar-refractivity contribution in [3.63, 3.8) is 0 Å². The Morgan fingerprint density at radius 3 is 2.22 bits per heavy atom. The fourth-order valence-corrected chi connectivity index (χ4v) is 3.02. The summed E-state index contributed by atoms with van der Waals surface area (Å²) in [7, 11) is 0. The number of aryl methyl sites for hydroxylation is 1. The summed E-state index contributed by atoms with van der Waals surface area (Å²) in [5, 5.41) is 0. The number of carbonyl (C=O) groups excluding carboxylic acids is 1. The van der Waals surface area contributed by atoms with Gasteiger partial charge >= 0.3 is 5.97 Å². The Hall–Kier alpha value is -2.09. The monoisotopic (exact) mass is 368 g/mol. The van der Waals surface area contributed by atoms with Crippen LogP contribution in [0.2, 0.25) is 0 Å². The molecule has 0 bridgehead atoms. The zero-order chi connectivity index (χ0) is 20.4. The smallest absolute Gasteiger partial charge is 0.336 e. The molecule has 0 fully saturated rings. The highest BCUT2D eigenvalue weighted by molar-refractivity contribution is 5.84. The molecule has 0 heterocycles. The fraction of sp³-hybridized carbons (Fsp3) is 0.480. The van der Waals surface area contributed by atoms with Gasteiger partial charge in [0.25, 0.3) is 0 Å². The van der Waals surface area contributed by atoms with E-state index in [0.29, 0.717) is 11.7 Å². The molecule has 0 amide bonds. The molecule has 2 nitrogen and oxygen atoms in total. The first-order valence-corrected chi connectivity index (χ1v) is 9.97. The summed E-state index contributed by atoms with van der Waals surface area (Å²) in [4.78, 5) is 12.1. The van der Waals surface area contributed by atoms with Crippen molar-refractivity contribution >= 4 is 5.97 Å². The molecule has 148 valence electrons. The molecule has 0 unspecified atom stereocenters.